The van der Waals surface area contributed by atoms with E-state index in [9.17, 15) is 4.79 Å². The Hall–Kier alpha value is -2.18. The van der Waals surface area contributed by atoms with Crippen LogP contribution in [0.15, 0.2) is 11.2 Å². The van der Waals surface area contributed by atoms with Gasteiger partial charge in [-0.05, 0) is 6.92 Å². The average molecular weight is 236 g/mol. The van der Waals surface area contributed by atoms with Gasteiger partial charge in [0.2, 0.25) is 11.8 Å². The molecule has 0 unspecified atom stereocenters. The molecule has 1 aliphatic rings. The molecule has 0 fully saturated rings. The molecule has 0 spiro atoms. The molecule has 0 radical (unpaired) electrons. The predicted octanol–water partition coefficient (Wildman–Crippen LogP) is 0.606. The molecule has 7 heteroatoms. The minimum absolute atomic E-state index is 0.156. The number of nitrogens with zero attached hydrogens (tertiary/aromatic N) is 4. The number of anilines is 1. The highest BCUT2D eigenvalue weighted by atomic mass is 16.5. The lowest BCUT2D eigenvalue weighted by molar-refractivity contribution is -0.117. The van der Waals surface area contributed by atoms with E-state index in [0.29, 0.717) is 11.8 Å². The molecule has 90 valence electrons. The van der Waals surface area contributed by atoms with Crippen LogP contribution in [0.3, 0.4) is 0 Å². The fourth-order valence-electron chi connectivity index (χ4n) is 1.41. The van der Waals surface area contributed by atoms with Crippen LogP contribution in [0.5, 0.6) is 11.8 Å². The molecule has 0 saturated carbocycles. The van der Waals surface area contributed by atoms with E-state index >= 15 is 0 Å². The third-order valence-corrected chi connectivity index (χ3v) is 2.19. The first-order valence-electron chi connectivity index (χ1n) is 4.98. The molecule has 0 aliphatic carbocycles. The van der Waals surface area contributed by atoms with Gasteiger partial charge in [0.1, 0.15) is 0 Å². The van der Waals surface area contributed by atoms with Crippen molar-refractivity contribution in [2.75, 3.05) is 19.2 Å². The van der Waals surface area contributed by atoms with E-state index in [-0.39, 0.29) is 18.3 Å². The monoisotopic (exact) mass is 236 g/mol. The third-order valence-electron chi connectivity index (χ3n) is 2.19. The lowest BCUT2D eigenvalue weighted by Crippen LogP contribution is -2.22. The standard InChI is InChI=1S/C10H12N4O3/c1-6-4-9(15)14(13-6)10-11-7(16-2)5-8(12-10)17-3/h5H,4H2,1-3H3. The van der Waals surface area contributed by atoms with Crippen LogP contribution in [0.1, 0.15) is 13.3 Å². The SMILES string of the molecule is COc1cc(OC)nc(N2N=C(C)CC2=O)n1. The first-order chi connectivity index (χ1) is 8.13. The minimum Gasteiger partial charge on any atom is -0.481 e. The van der Waals surface area contributed by atoms with Crippen molar-refractivity contribution >= 4 is 17.6 Å². The molecule has 17 heavy (non-hydrogen) atoms. The quantitative estimate of drug-likeness (QED) is 0.768. The predicted molar refractivity (Wildman–Crippen MR) is 60.3 cm³/mol. The Labute approximate surface area is 98.1 Å². The van der Waals surface area contributed by atoms with Crippen molar-refractivity contribution in [1.82, 2.24) is 9.97 Å². The normalized spacial score (nSPS) is 14.9. The van der Waals surface area contributed by atoms with Gasteiger partial charge in [0.05, 0.1) is 26.7 Å². The average Bonchev–Trinajstić information content (AvgIpc) is 2.67. The maximum Gasteiger partial charge on any atom is 0.260 e. The number of methoxy groups -OCH3 is 2. The fourth-order valence-corrected chi connectivity index (χ4v) is 1.41. The Morgan fingerprint density at radius 1 is 1.24 bits per heavy atom. The van der Waals surface area contributed by atoms with Crippen LogP contribution in [0, 0.1) is 0 Å². The van der Waals surface area contributed by atoms with Crippen LogP contribution in [0.4, 0.5) is 5.95 Å². The highest BCUT2D eigenvalue weighted by Crippen LogP contribution is 2.22. The third kappa shape index (κ3) is 2.17. The molecule has 1 aromatic rings. The van der Waals surface area contributed by atoms with Crippen LogP contribution < -0.4 is 14.5 Å². The lowest BCUT2D eigenvalue weighted by atomic mass is 10.3. The summed E-state index contributed by atoms with van der Waals surface area (Å²) in [6.07, 6.45) is 0.281. The molecule has 0 atom stereocenters. The first-order valence-corrected chi connectivity index (χ1v) is 4.98. The molecule has 0 aromatic carbocycles. The Morgan fingerprint density at radius 2 is 1.82 bits per heavy atom. The molecule has 0 N–H and O–H groups in total. The zero-order valence-corrected chi connectivity index (χ0v) is 9.80. The topological polar surface area (TPSA) is 76.9 Å². The molecule has 0 bridgehead atoms. The van der Waals surface area contributed by atoms with Gasteiger partial charge in [-0.2, -0.15) is 20.1 Å². The van der Waals surface area contributed by atoms with E-state index in [1.807, 2.05) is 0 Å². The number of rotatable bonds is 3. The Bertz CT molecular complexity index is 464. The van der Waals surface area contributed by atoms with E-state index in [4.69, 9.17) is 9.47 Å². The maximum atomic E-state index is 11.6. The lowest BCUT2D eigenvalue weighted by Gasteiger charge is -2.11. The Morgan fingerprint density at radius 3 is 2.24 bits per heavy atom. The van der Waals surface area contributed by atoms with Crippen molar-refractivity contribution in [3.8, 4) is 11.8 Å². The number of hydrazone groups is 1. The summed E-state index contributed by atoms with van der Waals surface area (Å²) in [4.78, 5) is 19.7. The number of amides is 1. The van der Waals surface area contributed by atoms with E-state index in [0.717, 1.165) is 10.7 Å². The molecular formula is C10H12N4O3. The van der Waals surface area contributed by atoms with Crippen molar-refractivity contribution in [2.45, 2.75) is 13.3 Å². The molecule has 2 rings (SSSR count). The summed E-state index contributed by atoms with van der Waals surface area (Å²) in [6, 6.07) is 1.53. The van der Waals surface area contributed by atoms with Crippen molar-refractivity contribution in [3.63, 3.8) is 0 Å². The Kier molecular flexibility index (Phi) is 2.90. The second kappa shape index (κ2) is 4.36. The number of hydrogen-bond acceptors (Lipinski definition) is 6. The molecule has 2 heterocycles. The number of carbonyl (C=O) groups is 1. The van der Waals surface area contributed by atoms with Gasteiger partial charge < -0.3 is 9.47 Å². The molecule has 1 amide bonds. The maximum absolute atomic E-state index is 11.6. The van der Waals surface area contributed by atoms with E-state index < -0.39 is 0 Å². The first kappa shape index (κ1) is 11.3. The van der Waals surface area contributed by atoms with Gasteiger partial charge in [-0.25, -0.2) is 0 Å². The highest BCUT2D eigenvalue weighted by Gasteiger charge is 2.26. The minimum atomic E-state index is -0.169. The zero-order valence-electron chi connectivity index (χ0n) is 9.80. The van der Waals surface area contributed by atoms with Gasteiger partial charge >= 0.3 is 0 Å². The van der Waals surface area contributed by atoms with E-state index in [1.165, 1.54) is 20.3 Å². The van der Waals surface area contributed by atoms with Crippen LogP contribution in [-0.4, -0.2) is 35.8 Å². The highest BCUT2D eigenvalue weighted by molar-refractivity contribution is 6.11. The van der Waals surface area contributed by atoms with Gasteiger partial charge in [0.25, 0.3) is 11.9 Å². The number of aromatic nitrogens is 2. The fraction of sp³-hybridized carbons (Fsp3) is 0.400. The van der Waals surface area contributed by atoms with Crippen LogP contribution in [0.2, 0.25) is 0 Å². The van der Waals surface area contributed by atoms with Crippen molar-refractivity contribution in [1.29, 1.82) is 0 Å². The molecule has 1 aromatic heterocycles. The van der Waals surface area contributed by atoms with Gasteiger partial charge in [0, 0.05) is 5.71 Å². The molecule has 7 nitrogen and oxygen atoms in total. The van der Waals surface area contributed by atoms with E-state index in [1.54, 1.807) is 6.92 Å². The van der Waals surface area contributed by atoms with Crippen LogP contribution in [-0.2, 0) is 4.79 Å². The molecule has 1 aliphatic heterocycles. The summed E-state index contributed by atoms with van der Waals surface area (Å²) in [7, 11) is 2.96. The van der Waals surface area contributed by atoms with Gasteiger partial charge in [-0.15, -0.1) is 0 Å². The smallest absolute Gasteiger partial charge is 0.260 e. The van der Waals surface area contributed by atoms with Gasteiger partial charge in [0.15, 0.2) is 0 Å². The largest absolute Gasteiger partial charge is 0.481 e. The summed E-state index contributed by atoms with van der Waals surface area (Å²) < 4.78 is 10.0. The Balaban J connectivity index is 2.41. The second-order valence-electron chi connectivity index (χ2n) is 3.47. The zero-order chi connectivity index (χ0) is 12.4. The van der Waals surface area contributed by atoms with Crippen LogP contribution >= 0.6 is 0 Å². The summed E-state index contributed by atoms with van der Waals surface area (Å²) in [5.41, 5.74) is 0.723. The van der Waals surface area contributed by atoms with Gasteiger partial charge in [-0.3, -0.25) is 4.79 Å². The van der Waals surface area contributed by atoms with Gasteiger partial charge in [-0.1, -0.05) is 0 Å². The molecular weight excluding hydrogens is 224 g/mol. The molecule has 0 saturated heterocycles. The summed E-state index contributed by atoms with van der Waals surface area (Å²) >= 11 is 0. The summed E-state index contributed by atoms with van der Waals surface area (Å²) in [6.45, 7) is 1.77. The van der Waals surface area contributed by atoms with Crippen molar-refractivity contribution in [2.24, 2.45) is 5.10 Å². The number of hydrogen-bond donors (Lipinski definition) is 0. The van der Waals surface area contributed by atoms with E-state index in [2.05, 4.69) is 15.1 Å². The van der Waals surface area contributed by atoms with Crippen molar-refractivity contribution in [3.05, 3.63) is 6.07 Å². The van der Waals surface area contributed by atoms with Crippen molar-refractivity contribution < 1.29 is 14.3 Å². The summed E-state index contributed by atoms with van der Waals surface area (Å²) in [5.74, 6) is 0.625. The van der Waals surface area contributed by atoms with Crippen LogP contribution in [0.25, 0.3) is 0 Å². The number of ether oxygens (including phenoxy) is 2. The number of carbonyl (C=O) groups excluding carboxylic acids is 1. The second-order valence-corrected chi connectivity index (χ2v) is 3.47. The summed E-state index contributed by atoms with van der Waals surface area (Å²) in [5, 5.41) is 5.21.